The average molecular weight is 1050 g/mol. The molecule has 328 valence electrons. The molecule has 0 aliphatic carbocycles. The Balaban J connectivity index is 0.00000982. The van der Waals surface area contributed by atoms with Gasteiger partial charge in [-0.3, -0.25) is 9.55 Å². The number of rotatable bonds is 9. The number of pyridine rings is 1. The van der Waals surface area contributed by atoms with Gasteiger partial charge in [-0.2, -0.15) is 0 Å². The zero-order chi connectivity index (χ0) is 63.5. The maximum atomic E-state index is 12.4. The van der Waals surface area contributed by atoms with Crippen LogP contribution in [0.3, 0.4) is 0 Å². The van der Waals surface area contributed by atoms with Gasteiger partial charge in [0, 0.05) is 59.2 Å². The minimum Gasteiger partial charge on any atom is -0.507 e. The van der Waals surface area contributed by atoms with E-state index in [1.54, 1.807) is 108 Å². The van der Waals surface area contributed by atoms with Gasteiger partial charge in [-0.25, -0.2) is 4.98 Å². The van der Waals surface area contributed by atoms with Crippen LogP contribution in [0.15, 0.2) is 158 Å². The minimum absolute atomic E-state index is 0. The Kier molecular flexibility index (Phi) is 7.13. The Morgan fingerprint density at radius 2 is 1.38 bits per heavy atom. The number of aromatic nitrogens is 3. The van der Waals surface area contributed by atoms with Crippen molar-refractivity contribution in [2.45, 2.75) is 79.2 Å². The zero-order valence-corrected chi connectivity index (χ0v) is 38.0. The Bertz CT molecular complexity index is 4080. The second-order valence-electron chi connectivity index (χ2n) is 16.3. The van der Waals surface area contributed by atoms with Crippen molar-refractivity contribution < 1.29 is 56.3 Å². The van der Waals surface area contributed by atoms with Gasteiger partial charge in [0.1, 0.15) is 11.6 Å². The second-order valence-corrected chi connectivity index (χ2v) is 16.3. The summed E-state index contributed by atoms with van der Waals surface area (Å²) in [5, 5.41) is 12.4. The fourth-order valence-electron chi connectivity index (χ4n) is 7.82. The first-order valence-corrected chi connectivity index (χ1v) is 20.7. The molecule has 0 saturated heterocycles. The molecule has 0 spiro atoms. The van der Waals surface area contributed by atoms with Crippen LogP contribution in [0, 0.1) is 19.8 Å². The summed E-state index contributed by atoms with van der Waals surface area (Å²) in [5.74, 6) is -0.237. The molecule has 0 atom stereocenters. The first kappa shape index (κ1) is 25.4. The Morgan fingerprint density at radius 3 is 2.06 bits per heavy atom. The van der Waals surface area contributed by atoms with Crippen molar-refractivity contribution >= 4 is 11.0 Å². The van der Waals surface area contributed by atoms with Gasteiger partial charge < -0.3 is 5.11 Å². The summed E-state index contributed by atoms with van der Waals surface area (Å²) in [6.45, 7) is -9.98. The Morgan fingerprint density at radius 1 is 0.662 bits per heavy atom. The molecule has 0 radical (unpaired) electrons. The van der Waals surface area contributed by atoms with Crippen LogP contribution in [-0.2, 0) is 26.5 Å². The molecule has 9 rings (SSSR count). The molecule has 0 bridgehead atoms. The standard InChI is InChI=1S/C60H56N3O.Pt/c1-37(2)45-33-52(38(3)4)58(64)54(34-45)59-62-57-51(21-16-22-56(57)63(59)50-29-39(5)40(6)53(36-50)43-19-14-11-15-20-43)47-30-46(41-17-12-10-13-18-41)31-48(32-47)55-35-44(27-28-61-55)42-23-25-49(26-24-42)60(7,8)9;/h10-31,33-38,64H,1-9H3;/q-1;/i5D3,6D3,7D3,8D3,9D3,23D,24D,25D,26D,27D,28D,35D;. The van der Waals surface area contributed by atoms with Crippen molar-refractivity contribution in [3.05, 3.63) is 192 Å². The number of phenols is 1. The van der Waals surface area contributed by atoms with Gasteiger partial charge in [0.2, 0.25) is 0 Å². The van der Waals surface area contributed by atoms with Crippen LogP contribution in [0.25, 0.3) is 83.9 Å². The maximum absolute atomic E-state index is 12.4. The summed E-state index contributed by atoms with van der Waals surface area (Å²) in [6.07, 6.45) is -0.834. The van der Waals surface area contributed by atoms with Crippen LogP contribution in [0.5, 0.6) is 5.75 Å². The molecule has 5 heteroatoms. The van der Waals surface area contributed by atoms with Crippen molar-refractivity contribution in [3.8, 4) is 78.6 Å². The van der Waals surface area contributed by atoms with Gasteiger partial charge in [-0.1, -0.05) is 174 Å². The molecule has 0 aliphatic rings. The van der Waals surface area contributed by atoms with E-state index in [1.165, 1.54) is 6.07 Å². The molecule has 2 heterocycles. The van der Waals surface area contributed by atoms with Gasteiger partial charge in [-0.15, -0.1) is 23.8 Å². The minimum atomic E-state index is -3.98. The van der Waals surface area contributed by atoms with Crippen LogP contribution in [0.1, 0.15) is 118 Å². The van der Waals surface area contributed by atoms with Gasteiger partial charge >= 0.3 is 0 Å². The molecular weight excluding hydrogens is 974 g/mol. The van der Waals surface area contributed by atoms with Crippen molar-refractivity contribution in [1.82, 2.24) is 14.5 Å². The molecule has 0 saturated carbocycles. The smallest absolute Gasteiger partial charge is 0.148 e. The van der Waals surface area contributed by atoms with Crippen molar-refractivity contribution in [3.63, 3.8) is 0 Å². The monoisotopic (exact) mass is 1050 g/mol. The van der Waals surface area contributed by atoms with Crippen LogP contribution in [-0.4, -0.2) is 19.6 Å². The molecule has 65 heavy (non-hydrogen) atoms. The molecule has 0 amide bonds. The summed E-state index contributed by atoms with van der Waals surface area (Å²) in [5.41, 5.74) is -3.49. The number of nitrogens with zero attached hydrogens (tertiary/aromatic N) is 3. The van der Waals surface area contributed by atoms with E-state index in [4.69, 9.17) is 31.0 Å². The fraction of sp³-hybridized carbons (Fsp3) is 0.200. The molecule has 4 nitrogen and oxygen atoms in total. The third-order valence-corrected chi connectivity index (χ3v) is 11.2. The quantitative estimate of drug-likeness (QED) is 0.147. The van der Waals surface area contributed by atoms with Crippen molar-refractivity contribution in [2.75, 3.05) is 0 Å². The van der Waals surface area contributed by atoms with E-state index < -0.39 is 104 Å². The number of phenolic OH excluding ortho intramolecular Hbond substituents is 1. The first-order valence-electron chi connectivity index (χ1n) is 31.7. The van der Waals surface area contributed by atoms with Gasteiger partial charge in [0.05, 0.1) is 26.2 Å². The number of para-hydroxylation sites is 1. The molecule has 0 aliphatic heterocycles. The molecule has 2 aromatic heterocycles. The Labute approximate surface area is 430 Å². The van der Waals surface area contributed by atoms with Crippen LogP contribution in [0.2, 0.25) is 0 Å². The third kappa shape index (κ3) is 8.90. The van der Waals surface area contributed by atoms with Crippen LogP contribution < -0.4 is 0 Å². The molecule has 0 unspecified atom stereocenters. The SMILES string of the molecule is [2H]c1nc(-c2[c-]c(-c3cccc4c3nc(-c3cc(C(C)C)cc(C(C)C)c3O)n4-c3cc(-c4ccccc4)c(C([2H])([2H])[2H])c(C([2H])([2H])[2H])c3)cc(-c3ccccc3)c2)c([2H])c(-c2c([2H])c([2H])c(C(C([2H])([2H])[2H])(C([2H])([2H])[2H])C([2H])([2H])[2H])c([2H])c2[2H])c1[2H].[Pt]. The summed E-state index contributed by atoms with van der Waals surface area (Å²) >= 11 is 0. The second kappa shape index (κ2) is 18.3. The van der Waals surface area contributed by atoms with E-state index in [0.29, 0.717) is 33.3 Å². The number of hydrogen-bond donors (Lipinski definition) is 1. The van der Waals surface area contributed by atoms with E-state index >= 15 is 0 Å². The Hall–Kier alpha value is -6.35. The van der Waals surface area contributed by atoms with E-state index in [1.807, 2.05) is 33.8 Å². The normalized spacial score (nSPS) is 17.6. The number of aromatic hydroxyl groups is 1. The van der Waals surface area contributed by atoms with Crippen LogP contribution >= 0.6 is 0 Å². The maximum Gasteiger partial charge on any atom is 0.148 e. The summed E-state index contributed by atoms with van der Waals surface area (Å²) in [7, 11) is 0. The largest absolute Gasteiger partial charge is 0.507 e. The molecule has 0 fully saturated rings. The zero-order valence-electron chi connectivity index (χ0n) is 57.7. The van der Waals surface area contributed by atoms with E-state index in [-0.39, 0.29) is 89.2 Å². The average Bonchev–Trinajstić information content (AvgIpc) is 1.07. The summed E-state index contributed by atoms with van der Waals surface area (Å²) in [4.78, 5) is 9.65. The molecule has 9 aromatic rings. The molecule has 7 aromatic carbocycles. The van der Waals surface area contributed by atoms with Gasteiger partial charge in [0.15, 0.2) is 0 Å². The van der Waals surface area contributed by atoms with Crippen molar-refractivity contribution in [1.29, 1.82) is 0 Å². The van der Waals surface area contributed by atoms with E-state index in [2.05, 4.69) is 11.1 Å². The summed E-state index contributed by atoms with van der Waals surface area (Å²) in [6, 6.07) is 29.0. The van der Waals surface area contributed by atoms with Crippen LogP contribution in [0.4, 0.5) is 0 Å². The van der Waals surface area contributed by atoms with E-state index in [9.17, 15) is 9.22 Å². The van der Waals surface area contributed by atoms with Gasteiger partial charge in [-0.05, 0) is 117 Å². The van der Waals surface area contributed by atoms with Crippen molar-refractivity contribution in [2.24, 2.45) is 0 Å². The predicted octanol–water partition coefficient (Wildman–Crippen LogP) is 16.1. The number of benzene rings is 7. The molecular formula is C60H56N3OPt-. The summed E-state index contributed by atoms with van der Waals surface area (Å²) < 4.78 is 193. The topological polar surface area (TPSA) is 50.9 Å². The van der Waals surface area contributed by atoms with Gasteiger partial charge in [0.25, 0.3) is 0 Å². The molecule has 1 N–H and O–H groups in total. The third-order valence-electron chi connectivity index (χ3n) is 11.2. The fourth-order valence-corrected chi connectivity index (χ4v) is 7.82. The number of imidazole rings is 1. The van der Waals surface area contributed by atoms with E-state index in [0.717, 1.165) is 5.56 Å². The number of hydrogen-bond acceptors (Lipinski definition) is 3. The number of fused-ring (bicyclic) bond motifs is 1. The predicted molar refractivity (Wildman–Crippen MR) is 268 cm³/mol. The first-order chi connectivity index (χ1) is 39.8. The number of aryl methyl sites for hydroxylation is 1.